The Bertz CT molecular complexity index is 498. The van der Waals surface area contributed by atoms with Gasteiger partial charge in [0, 0.05) is 6.20 Å². The number of rotatable bonds is 3. The van der Waals surface area contributed by atoms with Crippen LogP contribution in [0.15, 0.2) is 18.3 Å². The minimum Gasteiger partial charge on any atom is -0.478 e. The van der Waals surface area contributed by atoms with Gasteiger partial charge < -0.3 is 9.84 Å². The molecule has 18 heavy (non-hydrogen) atoms. The van der Waals surface area contributed by atoms with Gasteiger partial charge in [0.1, 0.15) is 13.2 Å². The Hall–Kier alpha value is -2.28. The topological polar surface area (TPSA) is 96.8 Å². The second-order valence-corrected chi connectivity index (χ2v) is 3.71. The summed E-state index contributed by atoms with van der Waals surface area (Å²) in [7, 11) is 0. The number of morpholine rings is 1. The lowest BCUT2D eigenvalue weighted by Crippen LogP contribution is -2.45. The van der Waals surface area contributed by atoms with Crippen LogP contribution in [0.2, 0.25) is 0 Å². The van der Waals surface area contributed by atoms with Gasteiger partial charge in [0.15, 0.2) is 0 Å². The molecule has 2 amide bonds. The number of imide groups is 1. The smallest absolute Gasteiger partial charge is 0.335 e. The highest BCUT2D eigenvalue weighted by Crippen LogP contribution is 2.09. The van der Waals surface area contributed by atoms with Gasteiger partial charge in [-0.05, 0) is 12.1 Å². The Balaban J connectivity index is 2.17. The fourth-order valence-corrected chi connectivity index (χ4v) is 1.56. The molecule has 7 nitrogen and oxygen atoms in total. The summed E-state index contributed by atoms with van der Waals surface area (Å²) in [5.74, 6) is -1.99. The van der Waals surface area contributed by atoms with Crippen LogP contribution in [0, 0.1) is 0 Å². The van der Waals surface area contributed by atoms with Crippen LogP contribution < -0.4 is 0 Å². The zero-order valence-corrected chi connectivity index (χ0v) is 9.33. The SMILES string of the molecule is O=C(O)c1ccnc(CN2C(=O)COCC2=O)c1. The summed E-state index contributed by atoms with van der Waals surface area (Å²) in [6, 6.07) is 2.67. The van der Waals surface area contributed by atoms with E-state index in [-0.39, 0.29) is 25.3 Å². The molecule has 0 radical (unpaired) electrons. The quantitative estimate of drug-likeness (QED) is 0.737. The van der Waals surface area contributed by atoms with Gasteiger partial charge in [0.05, 0.1) is 17.8 Å². The van der Waals surface area contributed by atoms with Crippen LogP contribution in [0.5, 0.6) is 0 Å². The number of pyridine rings is 1. The number of nitrogens with zero attached hydrogens (tertiary/aromatic N) is 2. The van der Waals surface area contributed by atoms with Crippen molar-refractivity contribution in [2.24, 2.45) is 0 Å². The van der Waals surface area contributed by atoms with E-state index < -0.39 is 17.8 Å². The average Bonchev–Trinajstić information content (AvgIpc) is 2.34. The van der Waals surface area contributed by atoms with Crippen LogP contribution in [0.25, 0.3) is 0 Å². The molecular weight excluding hydrogens is 240 g/mol. The van der Waals surface area contributed by atoms with E-state index in [9.17, 15) is 14.4 Å². The third kappa shape index (κ3) is 2.51. The Morgan fingerprint density at radius 2 is 2.06 bits per heavy atom. The van der Waals surface area contributed by atoms with Gasteiger partial charge in [-0.3, -0.25) is 19.5 Å². The van der Waals surface area contributed by atoms with Crippen LogP contribution in [0.4, 0.5) is 0 Å². The summed E-state index contributed by atoms with van der Waals surface area (Å²) in [4.78, 5) is 38.7. The van der Waals surface area contributed by atoms with Crippen LogP contribution in [0.3, 0.4) is 0 Å². The zero-order chi connectivity index (χ0) is 13.1. The van der Waals surface area contributed by atoms with Gasteiger partial charge in [0.2, 0.25) is 0 Å². The molecule has 2 heterocycles. The van der Waals surface area contributed by atoms with Crippen LogP contribution in [-0.4, -0.2) is 46.0 Å². The molecule has 94 valence electrons. The highest BCUT2D eigenvalue weighted by molar-refractivity contribution is 5.98. The Morgan fingerprint density at radius 3 is 2.67 bits per heavy atom. The van der Waals surface area contributed by atoms with Crippen molar-refractivity contribution in [3.8, 4) is 0 Å². The number of ether oxygens (including phenoxy) is 1. The highest BCUT2D eigenvalue weighted by Gasteiger charge is 2.27. The third-order valence-corrected chi connectivity index (χ3v) is 2.44. The molecule has 0 saturated carbocycles. The van der Waals surface area contributed by atoms with Gasteiger partial charge in [-0.25, -0.2) is 4.79 Å². The lowest BCUT2D eigenvalue weighted by Gasteiger charge is -2.24. The molecule has 1 aliphatic heterocycles. The Morgan fingerprint density at radius 1 is 1.39 bits per heavy atom. The van der Waals surface area contributed by atoms with Crippen molar-refractivity contribution in [3.63, 3.8) is 0 Å². The fourth-order valence-electron chi connectivity index (χ4n) is 1.56. The standard InChI is InChI=1S/C11H10N2O5/c14-9-5-18-6-10(15)13(9)4-8-3-7(11(16)17)1-2-12-8/h1-3H,4-6H2,(H,16,17). The van der Waals surface area contributed by atoms with Crippen molar-refractivity contribution < 1.29 is 24.2 Å². The van der Waals surface area contributed by atoms with E-state index in [0.717, 1.165) is 4.90 Å². The van der Waals surface area contributed by atoms with Crippen molar-refractivity contribution in [1.82, 2.24) is 9.88 Å². The first kappa shape index (κ1) is 12.2. The predicted octanol–water partition coefficient (Wildman–Crippen LogP) is -0.335. The monoisotopic (exact) mass is 250 g/mol. The molecule has 0 bridgehead atoms. The van der Waals surface area contributed by atoms with Gasteiger partial charge in [0.25, 0.3) is 11.8 Å². The number of aromatic carboxylic acids is 1. The minimum absolute atomic E-state index is 0.0395. The Labute approximate surface area is 102 Å². The molecule has 1 saturated heterocycles. The van der Waals surface area contributed by atoms with Crippen molar-refractivity contribution >= 4 is 17.8 Å². The minimum atomic E-state index is -1.08. The van der Waals surface area contributed by atoms with Crippen molar-refractivity contribution in [2.45, 2.75) is 6.54 Å². The van der Waals surface area contributed by atoms with E-state index in [2.05, 4.69) is 4.98 Å². The molecule has 1 aromatic heterocycles. The fraction of sp³-hybridized carbons (Fsp3) is 0.273. The molecule has 0 atom stereocenters. The third-order valence-electron chi connectivity index (χ3n) is 2.44. The summed E-state index contributed by atoms with van der Waals surface area (Å²) in [6.45, 7) is -0.336. The summed E-state index contributed by atoms with van der Waals surface area (Å²) < 4.78 is 4.77. The molecule has 1 fully saturated rings. The largest absolute Gasteiger partial charge is 0.478 e. The van der Waals surface area contributed by atoms with E-state index in [0.29, 0.717) is 5.69 Å². The maximum atomic E-state index is 11.5. The van der Waals surface area contributed by atoms with Crippen LogP contribution in [-0.2, 0) is 20.9 Å². The van der Waals surface area contributed by atoms with Gasteiger partial charge in [-0.1, -0.05) is 0 Å². The molecule has 1 N–H and O–H groups in total. The molecule has 0 spiro atoms. The molecule has 0 aromatic carbocycles. The normalized spacial score (nSPS) is 15.9. The number of carbonyl (C=O) groups is 3. The Kier molecular flexibility index (Phi) is 3.33. The molecule has 7 heteroatoms. The zero-order valence-electron chi connectivity index (χ0n) is 9.33. The summed E-state index contributed by atoms with van der Waals surface area (Å²) >= 11 is 0. The number of carbonyl (C=O) groups excluding carboxylic acids is 2. The van der Waals surface area contributed by atoms with Gasteiger partial charge in [-0.15, -0.1) is 0 Å². The lowest BCUT2D eigenvalue weighted by atomic mass is 10.2. The highest BCUT2D eigenvalue weighted by atomic mass is 16.5. The number of amides is 2. The van der Waals surface area contributed by atoms with Crippen molar-refractivity contribution in [3.05, 3.63) is 29.6 Å². The van der Waals surface area contributed by atoms with Crippen LogP contribution >= 0.6 is 0 Å². The molecule has 1 aromatic rings. The average molecular weight is 250 g/mol. The maximum Gasteiger partial charge on any atom is 0.335 e. The van der Waals surface area contributed by atoms with E-state index in [1.807, 2.05) is 0 Å². The predicted molar refractivity (Wildman–Crippen MR) is 57.6 cm³/mol. The van der Waals surface area contributed by atoms with E-state index in [4.69, 9.17) is 9.84 Å². The van der Waals surface area contributed by atoms with Gasteiger partial charge in [-0.2, -0.15) is 0 Å². The maximum absolute atomic E-state index is 11.5. The first-order chi connectivity index (χ1) is 8.58. The van der Waals surface area contributed by atoms with E-state index >= 15 is 0 Å². The van der Waals surface area contributed by atoms with Crippen LogP contribution in [0.1, 0.15) is 16.1 Å². The number of hydrogen-bond acceptors (Lipinski definition) is 5. The number of aromatic nitrogens is 1. The molecular formula is C11H10N2O5. The van der Waals surface area contributed by atoms with E-state index in [1.54, 1.807) is 0 Å². The summed E-state index contributed by atoms with van der Waals surface area (Å²) in [5.41, 5.74) is 0.409. The molecule has 0 aliphatic carbocycles. The molecule has 2 rings (SSSR count). The van der Waals surface area contributed by atoms with Crippen molar-refractivity contribution in [1.29, 1.82) is 0 Å². The molecule has 1 aliphatic rings. The first-order valence-corrected chi connectivity index (χ1v) is 5.17. The first-order valence-electron chi connectivity index (χ1n) is 5.17. The molecule has 0 unspecified atom stereocenters. The second-order valence-electron chi connectivity index (χ2n) is 3.71. The number of carboxylic acid groups (broad SMARTS) is 1. The number of carboxylic acids is 1. The van der Waals surface area contributed by atoms with Crippen molar-refractivity contribution in [2.75, 3.05) is 13.2 Å². The van der Waals surface area contributed by atoms with E-state index in [1.165, 1.54) is 18.3 Å². The lowest BCUT2D eigenvalue weighted by molar-refractivity contribution is -0.159. The summed E-state index contributed by atoms with van der Waals surface area (Å²) in [5, 5.41) is 8.82. The second kappa shape index (κ2) is 4.92. The van der Waals surface area contributed by atoms with Gasteiger partial charge >= 0.3 is 5.97 Å². The number of hydrogen-bond donors (Lipinski definition) is 1. The summed E-state index contributed by atoms with van der Waals surface area (Å²) in [6.07, 6.45) is 1.33.